The molecule has 2 aromatic rings. The number of hydrogen-bond acceptors (Lipinski definition) is 6. The molecule has 2 rings (SSSR count). The Kier molecular flexibility index (Phi) is 4.60. The van der Waals surface area contributed by atoms with Gasteiger partial charge in [0.1, 0.15) is 0 Å². The molecule has 0 aliphatic carbocycles. The third-order valence-corrected chi connectivity index (χ3v) is 2.67. The summed E-state index contributed by atoms with van der Waals surface area (Å²) < 4.78 is 4.90. The highest BCUT2D eigenvalue weighted by Crippen LogP contribution is 2.03. The van der Waals surface area contributed by atoms with Crippen molar-refractivity contribution < 1.29 is 19.2 Å². The average molecular weight is 290 g/mol. The van der Waals surface area contributed by atoms with E-state index < -0.39 is 5.97 Å². The predicted molar refractivity (Wildman–Crippen MR) is 70.4 cm³/mol. The number of aromatic carboxylic acids is 1. The molecule has 110 valence electrons. The van der Waals surface area contributed by atoms with Crippen molar-refractivity contribution in [2.45, 2.75) is 26.3 Å². The number of aryl methyl sites for hydroxylation is 2. The number of pyridine rings is 1. The first kappa shape index (κ1) is 14.6. The number of aromatic nitrogens is 3. The lowest BCUT2D eigenvalue weighted by Gasteiger charge is -2.04. The van der Waals surface area contributed by atoms with Gasteiger partial charge in [-0.15, -0.1) is 0 Å². The number of amides is 1. The number of carbonyl (C=O) groups is 2. The molecular weight excluding hydrogens is 276 g/mol. The van der Waals surface area contributed by atoms with Crippen LogP contribution in [0.4, 0.5) is 0 Å². The zero-order valence-electron chi connectivity index (χ0n) is 11.4. The first-order valence-electron chi connectivity index (χ1n) is 6.28. The van der Waals surface area contributed by atoms with Crippen LogP contribution in [0.5, 0.6) is 0 Å². The van der Waals surface area contributed by atoms with Crippen molar-refractivity contribution in [2.24, 2.45) is 0 Å². The maximum atomic E-state index is 11.7. The highest BCUT2D eigenvalue weighted by Gasteiger charge is 2.08. The Hall–Kier alpha value is -2.77. The average Bonchev–Trinajstić information content (AvgIpc) is 2.89. The fourth-order valence-electron chi connectivity index (χ4n) is 1.65. The molecule has 0 aliphatic heterocycles. The molecule has 0 saturated carbocycles. The number of nitrogens with zero attached hydrogens (tertiary/aromatic N) is 3. The minimum absolute atomic E-state index is 0.135. The van der Waals surface area contributed by atoms with E-state index in [0.29, 0.717) is 23.8 Å². The molecule has 0 bridgehead atoms. The Balaban J connectivity index is 1.81. The molecule has 2 heterocycles. The molecule has 0 spiro atoms. The maximum Gasteiger partial charge on any atom is 0.335 e. The molecule has 2 N–H and O–H groups in total. The Morgan fingerprint density at radius 3 is 2.90 bits per heavy atom. The smallest absolute Gasteiger partial charge is 0.335 e. The number of carboxylic acid groups (broad SMARTS) is 1. The quantitative estimate of drug-likeness (QED) is 0.804. The Morgan fingerprint density at radius 1 is 1.43 bits per heavy atom. The van der Waals surface area contributed by atoms with Gasteiger partial charge in [0.2, 0.25) is 11.8 Å². The van der Waals surface area contributed by atoms with Crippen molar-refractivity contribution in [3.8, 4) is 0 Å². The van der Waals surface area contributed by atoms with Crippen molar-refractivity contribution in [2.75, 3.05) is 0 Å². The first-order chi connectivity index (χ1) is 10.0. The Bertz CT molecular complexity index is 653. The summed E-state index contributed by atoms with van der Waals surface area (Å²) in [6.07, 6.45) is 1.96. The van der Waals surface area contributed by atoms with Gasteiger partial charge >= 0.3 is 5.97 Å². The van der Waals surface area contributed by atoms with E-state index in [1.165, 1.54) is 18.3 Å². The zero-order valence-corrected chi connectivity index (χ0v) is 11.4. The molecule has 8 heteroatoms. The standard InChI is InChI=1S/C13H14N4O4/c1-8-16-12(21-17-8)3-2-11(18)15-7-10-6-9(13(19)20)4-5-14-10/h4-6H,2-3,7H2,1H3,(H,15,18)(H,19,20). The normalized spacial score (nSPS) is 10.3. The van der Waals surface area contributed by atoms with Gasteiger partial charge in [-0.3, -0.25) is 9.78 Å². The number of carboxylic acids is 1. The van der Waals surface area contributed by atoms with E-state index in [2.05, 4.69) is 20.4 Å². The SMILES string of the molecule is Cc1noc(CCC(=O)NCc2cc(C(=O)O)ccn2)n1. The minimum atomic E-state index is -1.03. The van der Waals surface area contributed by atoms with Crippen molar-refractivity contribution in [1.82, 2.24) is 20.4 Å². The van der Waals surface area contributed by atoms with Crippen LogP contribution in [0.1, 0.15) is 34.2 Å². The fourth-order valence-corrected chi connectivity index (χ4v) is 1.65. The van der Waals surface area contributed by atoms with Crippen molar-refractivity contribution >= 4 is 11.9 Å². The van der Waals surface area contributed by atoms with Crippen LogP contribution >= 0.6 is 0 Å². The lowest BCUT2D eigenvalue weighted by molar-refractivity contribution is -0.121. The molecule has 0 fully saturated rings. The lowest BCUT2D eigenvalue weighted by Crippen LogP contribution is -2.23. The van der Waals surface area contributed by atoms with Gasteiger partial charge in [0.05, 0.1) is 17.8 Å². The summed E-state index contributed by atoms with van der Waals surface area (Å²) in [5.41, 5.74) is 0.618. The maximum absolute atomic E-state index is 11.7. The van der Waals surface area contributed by atoms with Crippen LogP contribution in [0.15, 0.2) is 22.9 Å². The van der Waals surface area contributed by atoms with Crippen LogP contribution in [-0.2, 0) is 17.8 Å². The molecule has 0 aliphatic rings. The summed E-state index contributed by atoms with van der Waals surface area (Å²) in [5, 5.41) is 15.1. The molecule has 0 unspecified atom stereocenters. The third kappa shape index (κ3) is 4.37. The molecule has 8 nitrogen and oxygen atoms in total. The van der Waals surface area contributed by atoms with E-state index >= 15 is 0 Å². The van der Waals surface area contributed by atoms with Gasteiger partial charge in [-0.2, -0.15) is 4.98 Å². The predicted octanol–water partition coefficient (Wildman–Crippen LogP) is 0.720. The Morgan fingerprint density at radius 2 is 2.24 bits per heavy atom. The second-order valence-corrected chi connectivity index (χ2v) is 4.35. The van der Waals surface area contributed by atoms with E-state index in [0.717, 1.165) is 0 Å². The van der Waals surface area contributed by atoms with Crippen molar-refractivity contribution in [1.29, 1.82) is 0 Å². The molecule has 0 aromatic carbocycles. The number of hydrogen-bond donors (Lipinski definition) is 2. The van der Waals surface area contributed by atoms with Gasteiger partial charge in [0.25, 0.3) is 0 Å². The number of carbonyl (C=O) groups excluding carboxylic acids is 1. The minimum Gasteiger partial charge on any atom is -0.478 e. The van der Waals surface area contributed by atoms with E-state index in [4.69, 9.17) is 9.63 Å². The van der Waals surface area contributed by atoms with Crippen LogP contribution in [0.25, 0.3) is 0 Å². The van der Waals surface area contributed by atoms with Gasteiger partial charge in [-0.05, 0) is 19.1 Å². The lowest BCUT2D eigenvalue weighted by atomic mass is 10.2. The van der Waals surface area contributed by atoms with Crippen LogP contribution in [0, 0.1) is 6.92 Å². The van der Waals surface area contributed by atoms with E-state index in [1.54, 1.807) is 6.92 Å². The van der Waals surface area contributed by atoms with Crippen LogP contribution in [-0.4, -0.2) is 32.1 Å². The molecule has 0 radical (unpaired) electrons. The topological polar surface area (TPSA) is 118 Å². The van der Waals surface area contributed by atoms with Gasteiger partial charge in [-0.1, -0.05) is 5.16 Å². The highest BCUT2D eigenvalue weighted by molar-refractivity contribution is 5.87. The molecule has 2 aromatic heterocycles. The van der Waals surface area contributed by atoms with Crippen molar-refractivity contribution in [3.63, 3.8) is 0 Å². The fraction of sp³-hybridized carbons (Fsp3) is 0.308. The zero-order chi connectivity index (χ0) is 15.2. The van der Waals surface area contributed by atoms with Crippen LogP contribution < -0.4 is 5.32 Å². The van der Waals surface area contributed by atoms with Gasteiger partial charge < -0.3 is 14.9 Å². The number of nitrogens with one attached hydrogen (secondary N) is 1. The Labute approximate surface area is 120 Å². The molecule has 0 atom stereocenters. The van der Waals surface area contributed by atoms with Crippen LogP contribution in [0.2, 0.25) is 0 Å². The largest absolute Gasteiger partial charge is 0.478 e. The highest BCUT2D eigenvalue weighted by atomic mass is 16.5. The monoisotopic (exact) mass is 290 g/mol. The van der Waals surface area contributed by atoms with E-state index in [9.17, 15) is 9.59 Å². The summed E-state index contributed by atoms with van der Waals surface area (Å²) in [6, 6.07) is 2.82. The summed E-state index contributed by atoms with van der Waals surface area (Å²) in [4.78, 5) is 30.5. The van der Waals surface area contributed by atoms with E-state index in [1.807, 2.05) is 0 Å². The van der Waals surface area contributed by atoms with Crippen LogP contribution in [0.3, 0.4) is 0 Å². The second kappa shape index (κ2) is 6.60. The summed E-state index contributed by atoms with van der Waals surface area (Å²) in [5.74, 6) is -0.293. The van der Waals surface area contributed by atoms with E-state index in [-0.39, 0.29) is 24.4 Å². The molecule has 1 amide bonds. The van der Waals surface area contributed by atoms with Gasteiger partial charge in [0.15, 0.2) is 5.82 Å². The summed E-state index contributed by atoms with van der Waals surface area (Å²) in [7, 11) is 0. The molecule has 21 heavy (non-hydrogen) atoms. The first-order valence-corrected chi connectivity index (χ1v) is 6.28. The third-order valence-electron chi connectivity index (χ3n) is 2.67. The summed E-state index contributed by atoms with van der Waals surface area (Å²) in [6.45, 7) is 1.87. The van der Waals surface area contributed by atoms with Gasteiger partial charge in [-0.25, -0.2) is 4.79 Å². The summed E-state index contributed by atoms with van der Waals surface area (Å²) >= 11 is 0. The number of rotatable bonds is 6. The van der Waals surface area contributed by atoms with Crippen molar-refractivity contribution in [3.05, 3.63) is 41.3 Å². The molecular formula is C13H14N4O4. The van der Waals surface area contributed by atoms with Gasteiger partial charge in [0, 0.05) is 19.0 Å². The second-order valence-electron chi connectivity index (χ2n) is 4.35. The molecule has 0 saturated heterocycles.